The number of fused-ring (bicyclic) bond motifs is 1. The van der Waals surface area contributed by atoms with Crippen LogP contribution >= 0.6 is 12.4 Å². The summed E-state index contributed by atoms with van der Waals surface area (Å²) in [7, 11) is -8.30. The van der Waals surface area contributed by atoms with E-state index in [-0.39, 0.29) is 39.1 Å². The molecule has 0 saturated carbocycles. The second-order valence-electron chi connectivity index (χ2n) is 8.23. The highest BCUT2D eigenvalue weighted by molar-refractivity contribution is 7.94. The summed E-state index contributed by atoms with van der Waals surface area (Å²) < 4.78 is 63.0. The first-order valence-corrected chi connectivity index (χ1v) is 14.2. The second-order valence-corrected chi connectivity index (χ2v) is 11.6. The highest BCUT2D eigenvalue weighted by Crippen LogP contribution is 2.32. The SMILES string of the molecule is Cl.O=S(=O)(Nc1cc(N2CCCNCC2)ccc1S(=O)(=O)Nc1cccc2nonc12)c1ccccc1. The molecule has 1 saturated heterocycles. The fourth-order valence-electron chi connectivity index (χ4n) is 4.02. The molecule has 0 radical (unpaired) electrons. The van der Waals surface area contributed by atoms with Gasteiger partial charge in [-0.15, -0.1) is 12.4 Å². The molecule has 14 heteroatoms. The maximum Gasteiger partial charge on any atom is 0.264 e. The van der Waals surface area contributed by atoms with E-state index in [9.17, 15) is 16.8 Å². The van der Waals surface area contributed by atoms with Gasteiger partial charge in [-0.2, -0.15) is 0 Å². The Morgan fingerprint density at radius 2 is 1.59 bits per heavy atom. The number of nitrogens with one attached hydrogen (secondary N) is 3. The molecule has 3 aromatic carbocycles. The number of benzene rings is 3. The van der Waals surface area contributed by atoms with E-state index in [4.69, 9.17) is 4.63 Å². The molecular formula is C23H25ClN6O5S2. The van der Waals surface area contributed by atoms with Gasteiger partial charge in [-0.25, -0.2) is 21.5 Å². The van der Waals surface area contributed by atoms with Gasteiger partial charge in [0.05, 0.1) is 16.3 Å². The minimum atomic E-state index is -4.24. The van der Waals surface area contributed by atoms with E-state index in [2.05, 4.69) is 30.0 Å². The van der Waals surface area contributed by atoms with E-state index in [0.29, 0.717) is 17.7 Å². The van der Waals surface area contributed by atoms with Crippen molar-refractivity contribution in [1.29, 1.82) is 0 Å². The maximum absolute atomic E-state index is 13.5. The van der Waals surface area contributed by atoms with Crippen molar-refractivity contribution in [3.8, 4) is 0 Å². The summed E-state index contributed by atoms with van der Waals surface area (Å²) in [5, 5.41) is 10.8. The monoisotopic (exact) mass is 564 g/mol. The van der Waals surface area contributed by atoms with Crippen molar-refractivity contribution in [2.24, 2.45) is 0 Å². The van der Waals surface area contributed by atoms with E-state index < -0.39 is 20.0 Å². The van der Waals surface area contributed by atoms with Crippen LogP contribution in [-0.2, 0) is 20.0 Å². The Balaban J connectivity index is 0.00000320. The average Bonchev–Trinajstić information content (AvgIpc) is 3.19. The van der Waals surface area contributed by atoms with Crippen LogP contribution in [0.1, 0.15) is 6.42 Å². The molecule has 1 aliphatic rings. The third-order valence-electron chi connectivity index (χ3n) is 5.79. The van der Waals surface area contributed by atoms with Crippen molar-refractivity contribution < 1.29 is 21.5 Å². The largest absolute Gasteiger partial charge is 0.370 e. The summed E-state index contributed by atoms with van der Waals surface area (Å²) in [6, 6.07) is 17.2. The van der Waals surface area contributed by atoms with Gasteiger partial charge in [0, 0.05) is 25.3 Å². The summed E-state index contributed by atoms with van der Waals surface area (Å²) in [6.07, 6.45) is 0.905. The van der Waals surface area contributed by atoms with Crippen molar-refractivity contribution >= 4 is 60.5 Å². The number of hydrogen-bond acceptors (Lipinski definition) is 9. The lowest BCUT2D eigenvalue weighted by Gasteiger charge is -2.24. The first-order chi connectivity index (χ1) is 17.3. The van der Waals surface area contributed by atoms with E-state index >= 15 is 0 Å². The molecule has 2 heterocycles. The third-order valence-corrected chi connectivity index (χ3v) is 8.59. The van der Waals surface area contributed by atoms with Crippen LogP contribution in [0.4, 0.5) is 17.1 Å². The Labute approximate surface area is 220 Å². The summed E-state index contributed by atoms with van der Waals surface area (Å²) in [5.74, 6) is 0. The number of sulfonamides is 2. The molecule has 196 valence electrons. The quantitative estimate of drug-likeness (QED) is 0.308. The topological polar surface area (TPSA) is 147 Å². The molecule has 3 N–H and O–H groups in total. The molecule has 1 fully saturated rings. The zero-order valence-corrected chi connectivity index (χ0v) is 21.9. The highest BCUT2D eigenvalue weighted by Gasteiger charge is 2.25. The van der Waals surface area contributed by atoms with Crippen LogP contribution in [-0.4, -0.2) is 53.3 Å². The predicted molar refractivity (Wildman–Crippen MR) is 143 cm³/mol. The number of aromatic nitrogens is 2. The number of halogens is 1. The Morgan fingerprint density at radius 3 is 2.41 bits per heavy atom. The summed E-state index contributed by atoms with van der Waals surface area (Å²) in [6.45, 7) is 3.10. The molecule has 37 heavy (non-hydrogen) atoms. The Kier molecular flexibility index (Phi) is 7.87. The second kappa shape index (κ2) is 10.9. The van der Waals surface area contributed by atoms with E-state index in [0.717, 1.165) is 26.1 Å². The van der Waals surface area contributed by atoms with Crippen molar-refractivity contribution in [3.05, 3.63) is 66.7 Å². The number of nitrogens with zero attached hydrogens (tertiary/aromatic N) is 3. The summed E-state index contributed by atoms with van der Waals surface area (Å²) >= 11 is 0. The third kappa shape index (κ3) is 5.80. The smallest absolute Gasteiger partial charge is 0.264 e. The van der Waals surface area contributed by atoms with Crippen molar-refractivity contribution in [1.82, 2.24) is 15.6 Å². The minimum Gasteiger partial charge on any atom is -0.370 e. The first-order valence-electron chi connectivity index (χ1n) is 11.3. The lowest BCUT2D eigenvalue weighted by atomic mass is 10.2. The molecular weight excluding hydrogens is 540 g/mol. The maximum atomic E-state index is 13.5. The van der Waals surface area contributed by atoms with Gasteiger partial charge in [-0.1, -0.05) is 24.3 Å². The van der Waals surface area contributed by atoms with Crippen molar-refractivity contribution in [2.45, 2.75) is 16.2 Å². The number of hydrogen-bond donors (Lipinski definition) is 3. The molecule has 0 unspecified atom stereocenters. The van der Waals surface area contributed by atoms with Gasteiger partial charge in [-0.3, -0.25) is 9.44 Å². The lowest BCUT2D eigenvalue weighted by Crippen LogP contribution is -2.28. The van der Waals surface area contributed by atoms with Gasteiger partial charge < -0.3 is 10.2 Å². The van der Waals surface area contributed by atoms with E-state index in [1.807, 2.05) is 0 Å². The standard InChI is InChI=1S/C23H24N6O5S2.ClH/c30-35(31,18-6-2-1-3-7-18)28-21-16-17(29-14-5-12-24-13-15-29)10-11-22(21)36(32,33)27-20-9-4-8-19-23(20)26-34-25-19;/h1-4,6-11,16,24,27-28H,5,12-15H2;1H. The zero-order chi connectivity index (χ0) is 25.2. The molecule has 0 atom stereocenters. The van der Waals surface area contributed by atoms with Crippen LogP contribution in [0, 0.1) is 0 Å². The van der Waals surface area contributed by atoms with E-state index in [1.54, 1.807) is 42.5 Å². The van der Waals surface area contributed by atoms with Gasteiger partial charge in [0.2, 0.25) is 0 Å². The van der Waals surface area contributed by atoms with Gasteiger partial charge in [0.1, 0.15) is 10.4 Å². The predicted octanol–water partition coefficient (Wildman–Crippen LogP) is 3.05. The fraction of sp³-hybridized carbons (Fsp3) is 0.217. The normalized spacial score (nSPS) is 14.5. The van der Waals surface area contributed by atoms with Crippen LogP contribution in [0.25, 0.3) is 11.0 Å². The molecule has 1 aromatic heterocycles. The Morgan fingerprint density at radius 1 is 0.811 bits per heavy atom. The molecule has 1 aliphatic heterocycles. The van der Waals surface area contributed by atoms with Crippen LogP contribution in [0.2, 0.25) is 0 Å². The van der Waals surface area contributed by atoms with Crippen LogP contribution in [0.15, 0.2) is 81.2 Å². The summed E-state index contributed by atoms with van der Waals surface area (Å²) in [5.41, 5.74) is 1.43. The van der Waals surface area contributed by atoms with Crippen molar-refractivity contribution in [2.75, 3.05) is 40.5 Å². The number of rotatable bonds is 7. The van der Waals surface area contributed by atoms with Gasteiger partial charge in [-0.05, 0) is 65.7 Å². The molecule has 5 rings (SSSR count). The van der Waals surface area contributed by atoms with Crippen LogP contribution in [0.3, 0.4) is 0 Å². The average molecular weight is 565 g/mol. The molecule has 0 spiro atoms. The Hall–Kier alpha value is -3.39. The number of anilines is 3. The minimum absolute atomic E-state index is 0. The van der Waals surface area contributed by atoms with Gasteiger partial charge >= 0.3 is 0 Å². The summed E-state index contributed by atoms with van der Waals surface area (Å²) in [4.78, 5) is 1.88. The molecule has 0 bridgehead atoms. The lowest BCUT2D eigenvalue weighted by molar-refractivity contribution is 0.315. The molecule has 4 aromatic rings. The molecule has 11 nitrogen and oxygen atoms in total. The Bertz CT molecular complexity index is 1590. The molecule has 0 amide bonds. The van der Waals surface area contributed by atoms with Crippen LogP contribution < -0.4 is 19.7 Å². The first kappa shape index (κ1) is 26.7. The van der Waals surface area contributed by atoms with Crippen LogP contribution in [0.5, 0.6) is 0 Å². The fourth-order valence-corrected chi connectivity index (χ4v) is 6.39. The van der Waals surface area contributed by atoms with Crippen molar-refractivity contribution in [3.63, 3.8) is 0 Å². The van der Waals surface area contributed by atoms with Gasteiger partial charge in [0.15, 0.2) is 5.52 Å². The molecule has 0 aliphatic carbocycles. The zero-order valence-electron chi connectivity index (χ0n) is 19.5. The van der Waals surface area contributed by atoms with Gasteiger partial charge in [0.25, 0.3) is 20.0 Å². The highest BCUT2D eigenvalue weighted by atomic mass is 35.5. The van der Waals surface area contributed by atoms with E-state index in [1.165, 1.54) is 24.3 Å².